The maximum atomic E-state index is 12.4. The minimum Gasteiger partial charge on any atom is -0.483 e. The highest BCUT2D eigenvalue weighted by atomic mass is 16.5. The van der Waals surface area contributed by atoms with Gasteiger partial charge in [-0.05, 0) is 74.7 Å². The summed E-state index contributed by atoms with van der Waals surface area (Å²) in [6.45, 7) is 5.86. The zero-order valence-corrected chi connectivity index (χ0v) is 18.3. The third kappa shape index (κ3) is 4.11. The summed E-state index contributed by atoms with van der Waals surface area (Å²) in [7, 11) is 0. The van der Waals surface area contributed by atoms with Gasteiger partial charge in [0.05, 0.1) is 13.2 Å². The van der Waals surface area contributed by atoms with Gasteiger partial charge in [-0.3, -0.25) is 4.79 Å². The van der Waals surface area contributed by atoms with Crippen molar-refractivity contribution in [3.8, 4) is 5.75 Å². The number of morpholine rings is 1. The molecule has 0 aromatic heterocycles. The van der Waals surface area contributed by atoms with Gasteiger partial charge in [-0.25, -0.2) is 0 Å². The van der Waals surface area contributed by atoms with Crippen molar-refractivity contribution in [3.05, 3.63) is 29.8 Å². The first-order valence-corrected chi connectivity index (χ1v) is 11.9. The van der Waals surface area contributed by atoms with Gasteiger partial charge < -0.3 is 19.7 Å². The maximum absolute atomic E-state index is 12.4. The van der Waals surface area contributed by atoms with Gasteiger partial charge in [0.2, 0.25) is 0 Å². The summed E-state index contributed by atoms with van der Waals surface area (Å²) in [5.74, 6) is 3.79. The summed E-state index contributed by atoms with van der Waals surface area (Å²) in [5.41, 5.74) is 1.64. The van der Waals surface area contributed by atoms with Crippen LogP contribution in [0.15, 0.2) is 24.3 Å². The lowest BCUT2D eigenvalue weighted by atomic mass is 9.48. The van der Waals surface area contributed by atoms with Gasteiger partial charge in [0.25, 0.3) is 5.91 Å². The van der Waals surface area contributed by atoms with Crippen molar-refractivity contribution < 1.29 is 14.3 Å². The summed E-state index contributed by atoms with van der Waals surface area (Å²) in [5, 5.41) is 3.86. The summed E-state index contributed by atoms with van der Waals surface area (Å²) in [6.07, 6.45) is 8.71. The lowest BCUT2D eigenvalue weighted by molar-refractivity contribution is -0.137. The Morgan fingerprint density at radius 3 is 2.43 bits per heavy atom. The molecule has 6 rings (SSSR count). The Morgan fingerprint density at radius 2 is 1.77 bits per heavy atom. The molecular weight excluding hydrogens is 376 g/mol. The lowest BCUT2D eigenvalue weighted by Gasteiger charge is -2.59. The van der Waals surface area contributed by atoms with Crippen LogP contribution in [0.2, 0.25) is 0 Å². The highest BCUT2D eigenvalue weighted by molar-refractivity contribution is 5.77. The van der Waals surface area contributed by atoms with E-state index in [1.165, 1.54) is 38.5 Å². The number of amides is 1. The molecule has 4 saturated carbocycles. The Kier molecular flexibility index (Phi) is 5.76. The summed E-state index contributed by atoms with van der Waals surface area (Å²) < 4.78 is 11.3. The molecular formula is C25H36N2O3. The van der Waals surface area contributed by atoms with Gasteiger partial charge in [-0.2, -0.15) is 0 Å². The minimum atomic E-state index is 0.0444. The van der Waals surface area contributed by atoms with Crippen LogP contribution in [0.4, 0.5) is 0 Å². The van der Waals surface area contributed by atoms with Crippen LogP contribution in [-0.4, -0.2) is 49.8 Å². The standard InChI is InChI=1S/C25H36N2O3/c1-18(25-13-19-10-20(14-25)12-21(11-19)15-25)26-16-22-4-2-3-5-23(22)30-17-24(28)27-6-8-29-9-7-27/h2-5,18-21,26H,6-17H2,1H3. The SMILES string of the molecule is CC(NCc1ccccc1OCC(=O)N1CCOCC1)C12CC3CC(CC(C3)C1)C2. The number of carbonyl (C=O) groups is 1. The number of nitrogens with zero attached hydrogens (tertiary/aromatic N) is 1. The Hall–Kier alpha value is -1.59. The first-order valence-electron chi connectivity index (χ1n) is 11.9. The van der Waals surface area contributed by atoms with Crippen molar-refractivity contribution in [2.75, 3.05) is 32.9 Å². The highest BCUT2D eigenvalue weighted by Gasteiger charge is 2.52. The largest absolute Gasteiger partial charge is 0.483 e. The van der Waals surface area contributed by atoms with Gasteiger partial charge in [-0.15, -0.1) is 0 Å². The van der Waals surface area contributed by atoms with Crippen molar-refractivity contribution in [1.29, 1.82) is 0 Å². The Labute approximate surface area is 180 Å². The zero-order chi connectivity index (χ0) is 20.6. The van der Waals surface area contributed by atoms with E-state index in [1.807, 2.05) is 17.0 Å². The molecule has 1 aliphatic heterocycles. The number of hydrogen-bond acceptors (Lipinski definition) is 4. The van der Waals surface area contributed by atoms with Gasteiger partial charge in [0, 0.05) is 31.2 Å². The molecule has 4 bridgehead atoms. The average Bonchev–Trinajstić information content (AvgIpc) is 2.76. The molecule has 5 fully saturated rings. The van der Waals surface area contributed by atoms with E-state index in [1.54, 1.807) is 0 Å². The van der Waals surface area contributed by atoms with Crippen molar-refractivity contribution in [2.24, 2.45) is 23.2 Å². The van der Waals surface area contributed by atoms with E-state index in [0.29, 0.717) is 37.8 Å². The van der Waals surface area contributed by atoms with E-state index in [4.69, 9.17) is 9.47 Å². The molecule has 1 atom stereocenters. The van der Waals surface area contributed by atoms with Gasteiger partial charge in [-0.1, -0.05) is 18.2 Å². The first kappa shape index (κ1) is 20.3. The van der Waals surface area contributed by atoms with Crippen molar-refractivity contribution >= 4 is 5.91 Å². The number of nitrogens with one attached hydrogen (secondary N) is 1. The zero-order valence-electron chi connectivity index (χ0n) is 18.3. The molecule has 1 N–H and O–H groups in total. The molecule has 5 aliphatic rings. The van der Waals surface area contributed by atoms with Crippen LogP contribution in [0, 0.1) is 23.2 Å². The van der Waals surface area contributed by atoms with Crippen LogP contribution < -0.4 is 10.1 Å². The van der Waals surface area contributed by atoms with Crippen LogP contribution in [0.3, 0.4) is 0 Å². The quantitative estimate of drug-likeness (QED) is 0.743. The molecule has 5 heteroatoms. The number of carbonyl (C=O) groups excluding carboxylic acids is 1. The van der Waals surface area contributed by atoms with Crippen LogP contribution in [-0.2, 0) is 16.1 Å². The lowest BCUT2D eigenvalue weighted by Crippen LogP contribution is -2.54. The summed E-state index contributed by atoms with van der Waals surface area (Å²) in [4.78, 5) is 14.3. The fourth-order valence-electron chi connectivity index (χ4n) is 7.02. The molecule has 1 amide bonds. The number of hydrogen-bond donors (Lipinski definition) is 1. The maximum Gasteiger partial charge on any atom is 0.260 e. The summed E-state index contributed by atoms with van der Waals surface area (Å²) in [6, 6.07) is 8.67. The number of rotatable bonds is 7. The Bertz CT molecular complexity index is 723. The van der Waals surface area contributed by atoms with E-state index >= 15 is 0 Å². The number of para-hydroxylation sites is 1. The van der Waals surface area contributed by atoms with Crippen LogP contribution >= 0.6 is 0 Å². The third-order valence-electron chi connectivity index (χ3n) is 8.29. The highest BCUT2D eigenvalue weighted by Crippen LogP contribution is 2.61. The van der Waals surface area contributed by atoms with E-state index in [0.717, 1.165) is 35.6 Å². The normalized spacial score (nSPS) is 33.5. The second-order valence-electron chi connectivity index (χ2n) is 10.3. The minimum absolute atomic E-state index is 0.0444. The van der Waals surface area contributed by atoms with Gasteiger partial charge in [0.15, 0.2) is 6.61 Å². The molecule has 5 nitrogen and oxygen atoms in total. The predicted molar refractivity (Wildman–Crippen MR) is 116 cm³/mol. The second-order valence-corrected chi connectivity index (χ2v) is 10.3. The first-order chi connectivity index (χ1) is 14.6. The topological polar surface area (TPSA) is 50.8 Å². The summed E-state index contributed by atoms with van der Waals surface area (Å²) >= 11 is 0. The average molecular weight is 413 g/mol. The van der Waals surface area contributed by atoms with Crippen LogP contribution in [0.5, 0.6) is 5.75 Å². The second kappa shape index (κ2) is 8.51. The van der Waals surface area contributed by atoms with Crippen molar-refractivity contribution in [3.63, 3.8) is 0 Å². The molecule has 164 valence electrons. The Morgan fingerprint density at radius 1 is 1.13 bits per heavy atom. The van der Waals surface area contributed by atoms with Gasteiger partial charge >= 0.3 is 0 Å². The van der Waals surface area contributed by atoms with Gasteiger partial charge in [0.1, 0.15) is 5.75 Å². The van der Waals surface area contributed by atoms with E-state index in [-0.39, 0.29) is 12.5 Å². The van der Waals surface area contributed by atoms with E-state index in [2.05, 4.69) is 24.4 Å². The van der Waals surface area contributed by atoms with Crippen LogP contribution in [0.25, 0.3) is 0 Å². The molecule has 30 heavy (non-hydrogen) atoms. The fraction of sp³-hybridized carbons (Fsp3) is 0.720. The van der Waals surface area contributed by atoms with E-state index < -0.39 is 0 Å². The fourth-order valence-corrected chi connectivity index (χ4v) is 7.02. The molecule has 0 radical (unpaired) electrons. The van der Waals surface area contributed by atoms with Crippen molar-refractivity contribution in [2.45, 2.75) is 58.0 Å². The predicted octanol–water partition coefficient (Wildman–Crippen LogP) is 3.62. The molecule has 0 spiro atoms. The Balaban J connectivity index is 1.18. The van der Waals surface area contributed by atoms with Crippen LogP contribution in [0.1, 0.15) is 51.0 Å². The molecule has 1 heterocycles. The molecule has 1 saturated heterocycles. The molecule has 4 aliphatic carbocycles. The van der Waals surface area contributed by atoms with Crippen molar-refractivity contribution in [1.82, 2.24) is 10.2 Å². The number of ether oxygens (including phenoxy) is 2. The number of benzene rings is 1. The molecule has 1 aromatic carbocycles. The monoisotopic (exact) mass is 412 g/mol. The molecule has 1 unspecified atom stereocenters. The third-order valence-corrected chi connectivity index (χ3v) is 8.29. The smallest absolute Gasteiger partial charge is 0.260 e. The van der Waals surface area contributed by atoms with E-state index in [9.17, 15) is 4.79 Å². The molecule has 1 aromatic rings.